The number of benzene rings is 1. The second-order valence-electron chi connectivity index (χ2n) is 9.89. The van der Waals surface area contributed by atoms with Gasteiger partial charge in [0.15, 0.2) is 11.5 Å². The van der Waals surface area contributed by atoms with Crippen molar-refractivity contribution in [1.29, 1.82) is 0 Å². The first kappa shape index (κ1) is 27.5. The zero-order valence-corrected chi connectivity index (χ0v) is 23.1. The van der Waals surface area contributed by atoms with Crippen LogP contribution in [0.2, 0.25) is 0 Å². The average Bonchev–Trinajstić information content (AvgIpc) is 3.64. The number of carbonyl (C=O) groups is 1. The van der Waals surface area contributed by atoms with Crippen molar-refractivity contribution in [3.63, 3.8) is 0 Å². The van der Waals surface area contributed by atoms with Gasteiger partial charge in [0, 0.05) is 50.3 Å². The lowest BCUT2D eigenvalue weighted by Gasteiger charge is -2.31. The molecule has 1 aromatic carbocycles. The number of aromatic nitrogens is 4. The number of fused-ring (bicyclic) bond motifs is 1. The molecule has 0 saturated carbocycles. The van der Waals surface area contributed by atoms with E-state index in [1.807, 2.05) is 22.9 Å². The van der Waals surface area contributed by atoms with E-state index in [0.29, 0.717) is 60.8 Å². The SMILES string of the molecule is COc1cc(-n2cnc(Nc3nc(N4CCCC4CO)nc4c3CCN(CCC(N)=O)C4)c2)cc(OC)c1OC. The highest BCUT2D eigenvalue weighted by Crippen LogP contribution is 2.39. The Bertz CT molecular complexity index is 1340. The zero-order chi connectivity index (χ0) is 28.2. The molecule has 13 nitrogen and oxygen atoms in total. The summed E-state index contributed by atoms with van der Waals surface area (Å²) in [5, 5.41) is 13.3. The van der Waals surface area contributed by atoms with Crippen LogP contribution in [0, 0.1) is 0 Å². The molecule has 214 valence electrons. The van der Waals surface area contributed by atoms with E-state index in [-0.39, 0.29) is 18.6 Å². The molecule has 1 saturated heterocycles. The molecule has 0 aliphatic carbocycles. The number of hydrogen-bond donors (Lipinski definition) is 3. The van der Waals surface area contributed by atoms with Crippen LogP contribution in [-0.2, 0) is 17.8 Å². The molecule has 5 rings (SSSR count). The molecule has 4 N–H and O–H groups in total. The number of nitrogens with two attached hydrogens (primary N) is 1. The second kappa shape index (κ2) is 12.0. The lowest BCUT2D eigenvalue weighted by Crippen LogP contribution is -2.37. The maximum atomic E-state index is 11.4. The van der Waals surface area contributed by atoms with E-state index < -0.39 is 0 Å². The van der Waals surface area contributed by atoms with E-state index in [2.05, 4.69) is 20.1 Å². The largest absolute Gasteiger partial charge is 0.493 e. The summed E-state index contributed by atoms with van der Waals surface area (Å²) in [5.74, 6) is 3.16. The summed E-state index contributed by atoms with van der Waals surface area (Å²) in [6.07, 6.45) is 6.44. The van der Waals surface area contributed by atoms with Crippen LogP contribution in [0.3, 0.4) is 0 Å². The normalized spacial score (nSPS) is 17.0. The molecule has 2 aromatic heterocycles. The quantitative estimate of drug-likeness (QED) is 0.318. The number of aliphatic hydroxyl groups excluding tert-OH is 1. The van der Waals surface area contributed by atoms with Gasteiger partial charge in [0.25, 0.3) is 0 Å². The third-order valence-electron chi connectivity index (χ3n) is 7.43. The Balaban J connectivity index is 1.46. The summed E-state index contributed by atoms with van der Waals surface area (Å²) >= 11 is 0. The van der Waals surface area contributed by atoms with Crippen LogP contribution < -0.4 is 30.2 Å². The molecule has 13 heteroatoms. The van der Waals surface area contributed by atoms with Crippen molar-refractivity contribution in [1.82, 2.24) is 24.4 Å². The topological polar surface area (TPSA) is 153 Å². The molecule has 40 heavy (non-hydrogen) atoms. The number of aliphatic hydroxyl groups is 1. The van der Waals surface area contributed by atoms with Gasteiger partial charge in [-0.25, -0.2) is 9.97 Å². The van der Waals surface area contributed by atoms with Gasteiger partial charge < -0.3 is 39.8 Å². The minimum Gasteiger partial charge on any atom is -0.493 e. The molecular formula is C27H36N8O5. The van der Waals surface area contributed by atoms with Crippen LogP contribution in [0.4, 0.5) is 17.6 Å². The monoisotopic (exact) mass is 552 g/mol. The van der Waals surface area contributed by atoms with Gasteiger partial charge in [-0.05, 0) is 19.3 Å². The van der Waals surface area contributed by atoms with Crippen molar-refractivity contribution in [2.45, 2.75) is 38.3 Å². The number of imidazole rings is 1. The van der Waals surface area contributed by atoms with Crippen LogP contribution in [0.15, 0.2) is 24.7 Å². The number of primary amides is 1. The first-order chi connectivity index (χ1) is 19.4. The smallest absolute Gasteiger partial charge is 0.227 e. The third-order valence-corrected chi connectivity index (χ3v) is 7.43. The Labute approximate surface area is 232 Å². The van der Waals surface area contributed by atoms with E-state index in [1.165, 1.54) is 0 Å². The van der Waals surface area contributed by atoms with Crippen LogP contribution >= 0.6 is 0 Å². The van der Waals surface area contributed by atoms with Gasteiger partial charge in [0.2, 0.25) is 17.6 Å². The third kappa shape index (κ3) is 5.61. The highest BCUT2D eigenvalue weighted by atomic mass is 16.5. The lowest BCUT2D eigenvalue weighted by molar-refractivity contribution is -0.118. The fourth-order valence-corrected chi connectivity index (χ4v) is 5.32. The van der Waals surface area contributed by atoms with Gasteiger partial charge in [-0.3, -0.25) is 9.69 Å². The summed E-state index contributed by atoms with van der Waals surface area (Å²) < 4.78 is 18.3. The molecular weight excluding hydrogens is 516 g/mol. The van der Waals surface area contributed by atoms with Gasteiger partial charge in [-0.15, -0.1) is 0 Å². The number of carbonyl (C=O) groups excluding carboxylic acids is 1. The van der Waals surface area contributed by atoms with E-state index >= 15 is 0 Å². The number of rotatable bonds is 11. The van der Waals surface area contributed by atoms with Crippen LogP contribution in [0.25, 0.3) is 5.69 Å². The molecule has 0 spiro atoms. The van der Waals surface area contributed by atoms with E-state index in [1.54, 1.807) is 27.7 Å². The first-order valence-corrected chi connectivity index (χ1v) is 13.3. The van der Waals surface area contributed by atoms with Gasteiger partial charge in [0.05, 0.1) is 51.6 Å². The zero-order valence-electron chi connectivity index (χ0n) is 23.1. The Kier molecular flexibility index (Phi) is 8.21. The number of methoxy groups -OCH3 is 3. The Morgan fingerprint density at radius 1 is 1.15 bits per heavy atom. The molecule has 3 aromatic rings. The summed E-state index contributed by atoms with van der Waals surface area (Å²) in [7, 11) is 4.72. The number of amides is 1. The fraction of sp³-hybridized carbons (Fsp3) is 0.481. The first-order valence-electron chi connectivity index (χ1n) is 13.3. The predicted octanol–water partition coefficient (Wildman–Crippen LogP) is 1.63. The summed E-state index contributed by atoms with van der Waals surface area (Å²) in [6.45, 7) is 2.77. The number of nitrogens with one attached hydrogen (secondary N) is 1. The molecule has 1 fully saturated rings. The Hall–Kier alpha value is -4.10. The van der Waals surface area contributed by atoms with Crippen molar-refractivity contribution in [3.8, 4) is 22.9 Å². The summed E-state index contributed by atoms with van der Waals surface area (Å²) in [6, 6.07) is 3.68. The van der Waals surface area contributed by atoms with Gasteiger partial charge in [-0.2, -0.15) is 4.98 Å². The standard InChI is InChI=1S/C27H36N8O5/c1-38-21-11-18(12-22(39-2)25(21)40-3)34-14-24(29-16-34)31-26-19-6-9-33(10-7-23(28)37)13-20(19)30-27(32-26)35-8-4-5-17(35)15-36/h11-12,14,16-17,36H,4-10,13,15H2,1-3H3,(H2,28,37)(H,30,31,32). The van der Waals surface area contributed by atoms with Crippen LogP contribution in [0.1, 0.15) is 30.5 Å². The van der Waals surface area contributed by atoms with Crippen molar-refractivity contribution in [2.75, 3.05) is 57.8 Å². The van der Waals surface area contributed by atoms with Crippen LogP contribution in [-0.4, -0.2) is 89.0 Å². The van der Waals surface area contributed by atoms with Crippen molar-refractivity contribution in [3.05, 3.63) is 35.9 Å². The predicted molar refractivity (Wildman–Crippen MR) is 149 cm³/mol. The van der Waals surface area contributed by atoms with Crippen molar-refractivity contribution < 1.29 is 24.1 Å². The minimum absolute atomic E-state index is 0.0142. The lowest BCUT2D eigenvalue weighted by atomic mass is 10.0. The molecule has 0 radical (unpaired) electrons. The molecule has 4 heterocycles. The second-order valence-corrected chi connectivity index (χ2v) is 9.89. The van der Waals surface area contributed by atoms with E-state index in [0.717, 1.165) is 42.9 Å². The maximum absolute atomic E-state index is 11.4. The highest BCUT2D eigenvalue weighted by Gasteiger charge is 2.30. The molecule has 1 atom stereocenters. The minimum atomic E-state index is -0.318. The number of hydrogen-bond acceptors (Lipinski definition) is 11. The molecule has 0 bridgehead atoms. The summed E-state index contributed by atoms with van der Waals surface area (Å²) in [4.78, 5) is 30.0. The van der Waals surface area contributed by atoms with Gasteiger partial charge >= 0.3 is 0 Å². The maximum Gasteiger partial charge on any atom is 0.227 e. The Morgan fingerprint density at radius 3 is 2.60 bits per heavy atom. The van der Waals surface area contributed by atoms with Crippen LogP contribution in [0.5, 0.6) is 17.2 Å². The number of ether oxygens (including phenoxy) is 3. The molecule has 2 aliphatic heterocycles. The average molecular weight is 553 g/mol. The van der Waals surface area contributed by atoms with Crippen molar-refractivity contribution >= 4 is 23.5 Å². The van der Waals surface area contributed by atoms with Gasteiger partial charge in [0.1, 0.15) is 18.0 Å². The molecule has 1 amide bonds. The highest BCUT2D eigenvalue weighted by molar-refractivity contribution is 5.73. The molecule has 1 unspecified atom stereocenters. The van der Waals surface area contributed by atoms with E-state index in [4.69, 9.17) is 29.9 Å². The van der Waals surface area contributed by atoms with Crippen molar-refractivity contribution in [2.24, 2.45) is 5.73 Å². The number of nitrogens with zero attached hydrogens (tertiary/aromatic N) is 6. The molecule has 2 aliphatic rings. The summed E-state index contributed by atoms with van der Waals surface area (Å²) in [5.41, 5.74) is 8.08. The fourth-order valence-electron chi connectivity index (χ4n) is 5.32. The Morgan fingerprint density at radius 2 is 1.93 bits per heavy atom. The number of anilines is 3. The van der Waals surface area contributed by atoms with Gasteiger partial charge in [-0.1, -0.05) is 0 Å². The van der Waals surface area contributed by atoms with E-state index in [9.17, 15) is 9.90 Å².